The first kappa shape index (κ1) is 31.9. The zero-order valence-electron chi connectivity index (χ0n) is 26.8. The highest BCUT2D eigenvalue weighted by Crippen LogP contribution is 2.34. The summed E-state index contributed by atoms with van der Waals surface area (Å²) in [5, 5.41) is 21.9. The normalized spacial score (nSPS) is 19.0. The molecular weight excluding hydrogens is 492 g/mol. The third-order valence-corrected chi connectivity index (χ3v) is 7.69. The van der Waals surface area contributed by atoms with Gasteiger partial charge in [-0.3, -0.25) is 9.98 Å². The lowest BCUT2D eigenvalue weighted by molar-refractivity contribution is 0.399. The van der Waals surface area contributed by atoms with Crippen LogP contribution in [0.1, 0.15) is 140 Å². The van der Waals surface area contributed by atoms with Crippen molar-refractivity contribution in [1.82, 2.24) is 0 Å². The van der Waals surface area contributed by atoms with E-state index in [9.17, 15) is 10.2 Å². The first-order valence-corrected chi connectivity index (χ1v) is 15.3. The van der Waals surface area contributed by atoms with Crippen molar-refractivity contribution >= 4 is 12.4 Å². The summed E-state index contributed by atoms with van der Waals surface area (Å²) in [6.45, 7) is 22.0. The van der Waals surface area contributed by atoms with Gasteiger partial charge in [-0.1, -0.05) is 81.4 Å². The molecule has 0 spiro atoms. The number of hydrogen-bond acceptors (Lipinski definition) is 4. The van der Waals surface area contributed by atoms with Gasteiger partial charge in [-0.25, -0.2) is 0 Å². The molecule has 0 heterocycles. The molecule has 0 amide bonds. The van der Waals surface area contributed by atoms with Crippen LogP contribution in [0, 0.1) is 10.8 Å². The smallest absolute Gasteiger partial charge is 0.127 e. The second kappa shape index (κ2) is 12.9. The molecule has 0 aliphatic heterocycles. The highest BCUT2D eigenvalue weighted by Gasteiger charge is 2.22. The van der Waals surface area contributed by atoms with Crippen LogP contribution in [0.3, 0.4) is 0 Å². The summed E-state index contributed by atoms with van der Waals surface area (Å²) in [5.74, 6) is 1.24. The van der Waals surface area contributed by atoms with Crippen molar-refractivity contribution in [3.05, 3.63) is 57.6 Å². The lowest BCUT2D eigenvalue weighted by Crippen LogP contribution is -2.20. The van der Waals surface area contributed by atoms with Crippen LogP contribution < -0.4 is 0 Å². The molecule has 4 nitrogen and oxygen atoms in total. The molecule has 4 heteroatoms. The topological polar surface area (TPSA) is 65.2 Å². The first-order chi connectivity index (χ1) is 18.5. The Morgan fingerprint density at radius 1 is 0.650 bits per heavy atom. The maximum atomic E-state index is 11.0. The minimum absolute atomic E-state index is 0.180. The number of aromatic hydroxyl groups is 2. The Bertz CT molecular complexity index is 1110. The molecule has 40 heavy (non-hydrogen) atoms. The number of phenols is 2. The van der Waals surface area contributed by atoms with E-state index in [2.05, 4.69) is 93.5 Å². The molecule has 2 N–H and O–H groups in total. The third-order valence-electron chi connectivity index (χ3n) is 7.69. The molecule has 0 radical (unpaired) electrons. The fourth-order valence-electron chi connectivity index (χ4n) is 5.72. The van der Waals surface area contributed by atoms with Gasteiger partial charge >= 0.3 is 0 Å². The van der Waals surface area contributed by atoms with Crippen molar-refractivity contribution in [2.45, 2.75) is 132 Å². The van der Waals surface area contributed by atoms with Crippen LogP contribution in [0.4, 0.5) is 0 Å². The van der Waals surface area contributed by atoms with E-state index in [0.717, 1.165) is 60.8 Å². The van der Waals surface area contributed by atoms with Crippen molar-refractivity contribution in [3.63, 3.8) is 0 Å². The Labute approximate surface area is 244 Å². The van der Waals surface area contributed by atoms with Crippen LogP contribution in [0.15, 0.2) is 34.3 Å². The molecule has 1 fully saturated rings. The zero-order chi connectivity index (χ0) is 29.8. The molecule has 0 aromatic heterocycles. The van der Waals surface area contributed by atoms with Gasteiger partial charge in [-0.15, -0.1) is 0 Å². The zero-order valence-corrected chi connectivity index (χ0v) is 26.8. The molecule has 3 rings (SSSR count). The van der Waals surface area contributed by atoms with Crippen LogP contribution in [0.25, 0.3) is 0 Å². The SMILES string of the molecule is CC(C)c1cc(CC(C)(C)C)cc(C=NC2CCC(N=Cc3cc(CC(C)(C)C)cc(C(C)C)c3O)CC2)c1O. The van der Waals surface area contributed by atoms with E-state index >= 15 is 0 Å². The van der Waals surface area contributed by atoms with Gasteiger partial charge in [0.25, 0.3) is 0 Å². The lowest BCUT2D eigenvalue weighted by Gasteiger charge is -2.24. The number of nitrogens with zero attached hydrogens (tertiary/aromatic N) is 2. The molecule has 1 saturated carbocycles. The molecule has 2 aromatic carbocycles. The summed E-state index contributed by atoms with van der Waals surface area (Å²) < 4.78 is 0. The molecule has 0 bridgehead atoms. The van der Waals surface area contributed by atoms with Crippen molar-refractivity contribution < 1.29 is 10.2 Å². The first-order valence-electron chi connectivity index (χ1n) is 15.3. The predicted molar refractivity (Wildman–Crippen MR) is 172 cm³/mol. The average Bonchev–Trinajstić information content (AvgIpc) is 2.82. The number of hydrogen-bond donors (Lipinski definition) is 2. The van der Waals surface area contributed by atoms with Crippen molar-refractivity contribution in [1.29, 1.82) is 0 Å². The van der Waals surface area contributed by atoms with E-state index in [4.69, 9.17) is 9.98 Å². The van der Waals surface area contributed by atoms with Crippen LogP contribution in [0.5, 0.6) is 11.5 Å². The molecule has 220 valence electrons. The molecule has 0 atom stereocenters. The molecule has 0 unspecified atom stereocenters. The second-order valence-corrected chi connectivity index (χ2v) is 15.0. The largest absolute Gasteiger partial charge is 0.507 e. The average molecular weight is 547 g/mol. The van der Waals surface area contributed by atoms with E-state index in [1.165, 1.54) is 11.1 Å². The molecule has 0 saturated heterocycles. The van der Waals surface area contributed by atoms with Gasteiger partial charge in [-0.2, -0.15) is 0 Å². The van der Waals surface area contributed by atoms with Crippen LogP contribution in [-0.4, -0.2) is 34.7 Å². The summed E-state index contributed by atoms with van der Waals surface area (Å²) in [7, 11) is 0. The third kappa shape index (κ3) is 9.21. The van der Waals surface area contributed by atoms with Gasteiger partial charge in [0.2, 0.25) is 0 Å². The summed E-state index contributed by atoms with van der Waals surface area (Å²) in [4.78, 5) is 9.84. The minimum atomic E-state index is 0.180. The maximum Gasteiger partial charge on any atom is 0.127 e. The van der Waals surface area contributed by atoms with E-state index in [1.807, 2.05) is 12.4 Å². The Hall–Kier alpha value is -2.62. The monoisotopic (exact) mass is 546 g/mol. The van der Waals surface area contributed by atoms with Gasteiger partial charge in [-0.05, 0) is 95.6 Å². The summed E-state index contributed by atoms with van der Waals surface area (Å²) >= 11 is 0. The number of benzene rings is 2. The maximum absolute atomic E-state index is 11.0. The van der Waals surface area contributed by atoms with Crippen molar-refractivity contribution in [2.75, 3.05) is 0 Å². The van der Waals surface area contributed by atoms with Gasteiger partial charge in [0.1, 0.15) is 11.5 Å². The molecular formula is C36H54N2O2. The van der Waals surface area contributed by atoms with Gasteiger partial charge in [0.05, 0.1) is 12.1 Å². The fourth-order valence-corrected chi connectivity index (χ4v) is 5.72. The second-order valence-electron chi connectivity index (χ2n) is 15.0. The molecule has 1 aliphatic carbocycles. The van der Waals surface area contributed by atoms with E-state index in [1.54, 1.807) is 0 Å². The van der Waals surface area contributed by atoms with Gasteiger partial charge < -0.3 is 10.2 Å². The Morgan fingerprint density at radius 3 is 1.25 bits per heavy atom. The van der Waals surface area contributed by atoms with Crippen LogP contribution >= 0.6 is 0 Å². The molecule has 2 aromatic rings. The quantitative estimate of drug-likeness (QED) is 0.324. The summed E-state index contributed by atoms with van der Waals surface area (Å²) in [5.41, 5.74) is 6.52. The number of aliphatic imine (C=N–C) groups is 2. The highest BCUT2D eigenvalue weighted by atomic mass is 16.3. The summed E-state index contributed by atoms with van der Waals surface area (Å²) in [6, 6.07) is 9.03. The van der Waals surface area contributed by atoms with Crippen molar-refractivity contribution in [2.24, 2.45) is 20.8 Å². The molecule has 1 aliphatic rings. The van der Waals surface area contributed by atoms with E-state index < -0.39 is 0 Å². The number of rotatable bonds is 8. The highest BCUT2D eigenvalue weighted by molar-refractivity contribution is 5.85. The Morgan fingerprint density at radius 2 is 0.975 bits per heavy atom. The predicted octanol–water partition coefficient (Wildman–Crippen LogP) is 9.37. The van der Waals surface area contributed by atoms with Crippen LogP contribution in [-0.2, 0) is 12.8 Å². The number of phenolic OH excluding ortho intramolecular Hbond substituents is 2. The lowest BCUT2D eigenvalue weighted by atomic mass is 9.85. The van der Waals surface area contributed by atoms with Gasteiger partial charge in [0.15, 0.2) is 0 Å². The van der Waals surface area contributed by atoms with Gasteiger partial charge in [0, 0.05) is 23.6 Å². The van der Waals surface area contributed by atoms with E-state index in [0.29, 0.717) is 11.5 Å². The Kier molecular flexibility index (Phi) is 10.3. The Balaban J connectivity index is 1.71. The van der Waals surface area contributed by atoms with Crippen molar-refractivity contribution in [3.8, 4) is 11.5 Å². The fraction of sp³-hybridized carbons (Fsp3) is 0.611. The standard InChI is InChI=1S/C36H54N2O2/c1-23(2)31-17-25(19-35(5,6)7)15-27(33(31)39)21-37-29-11-13-30(14-12-29)38-22-28-16-26(20-36(8,9)10)18-32(24(3)4)34(28)40/h15-18,21-24,29-30,39-40H,11-14,19-20H2,1-10H3. The van der Waals surface area contributed by atoms with E-state index in [-0.39, 0.29) is 34.7 Å². The minimum Gasteiger partial charge on any atom is -0.507 e. The summed E-state index contributed by atoms with van der Waals surface area (Å²) in [6.07, 6.45) is 9.63. The van der Waals surface area contributed by atoms with Crippen LogP contribution in [0.2, 0.25) is 0 Å².